The predicted molar refractivity (Wildman–Crippen MR) is 90.4 cm³/mol. The van der Waals surface area contributed by atoms with Crippen molar-refractivity contribution in [1.29, 1.82) is 0 Å². The lowest BCUT2D eigenvalue weighted by molar-refractivity contribution is -0.121. The van der Waals surface area contributed by atoms with Crippen LogP contribution >= 0.6 is 11.3 Å². The van der Waals surface area contributed by atoms with Gasteiger partial charge >= 0.3 is 4.87 Å². The van der Waals surface area contributed by atoms with Gasteiger partial charge in [0.15, 0.2) is 0 Å². The number of hydrogen-bond donors (Lipinski definition) is 1. The number of rotatable bonds is 7. The fourth-order valence-corrected chi connectivity index (χ4v) is 3.69. The molecule has 1 amide bonds. The summed E-state index contributed by atoms with van der Waals surface area (Å²) in [6.45, 7) is 7.33. The molecule has 6 heteroatoms. The maximum absolute atomic E-state index is 11.9. The molecule has 1 unspecified atom stereocenters. The lowest BCUT2D eigenvalue weighted by Crippen LogP contribution is -2.38. The van der Waals surface area contributed by atoms with Crippen molar-refractivity contribution in [1.82, 2.24) is 14.8 Å². The van der Waals surface area contributed by atoms with Crippen LogP contribution in [0, 0.1) is 6.92 Å². The quantitative estimate of drug-likeness (QED) is 0.780. The molecule has 2 heterocycles. The molecule has 0 spiro atoms. The Labute approximate surface area is 136 Å². The van der Waals surface area contributed by atoms with E-state index in [2.05, 4.69) is 17.1 Å². The monoisotopic (exact) mass is 325 g/mol. The number of nitrogens with one attached hydrogen (secondary N) is 1. The summed E-state index contributed by atoms with van der Waals surface area (Å²) in [4.78, 5) is 25.9. The van der Waals surface area contributed by atoms with Crippen LogP contribution in [-0.2, 0) is 11.3 Å². The van der Waals surface area contributed by atoms with Gasteiger partial charge in [-0.25, -0.2) is 0 Å². The van der Waals surface area contributed by atoms with Crippen molar-refractivity contribution in [2.45, 2.75) is 58.5 Å². The second-order valence-corrected chi connectivity index (χ2v) is 6.99. The van der Waals surface area contributed by atoms with Gasteiger partial charge in [-0.05, 0) is 52.6 Å². The first kappa shape index (κ1) is 17.2. The summed E-state index contributed by atoms with van der Waals surface area (Å²) >= 11 is 1.14. The highest BCUT2D eigenvalue weighted by Crippen LogP contribution is 2.16. The minimum Gasteiger partial charge on any atom is -0.355 e. The second kappa shape index (κ2) is 8.48. The topological polar surface area (TPSA) is 54.3 Å². The molecule has 0 aromatic carbocycles. The van der Waals surface area contributed by atoms with E-state index in [0.29, 0.717) is 12.6 Å². The van der Waals surface area contributed by atoms with E-state index in [-0.39, 0.29) is 17.3 Å². The zero-order valence-electron chi connectivity index (χ0n) is 13.6. The molecule has 124 valence electrons. The number of piperidine rings is 1. The summed E-state index contributed by atoms with van der Waals surface area (Å²) < 4.78 is 1.52. The summed E-state index contributed by atoms with van der Waals surface area (Å²) in [5.41, 5.74) is 0.851. The maximum atomic E-state index is 11.9. The van der Waals surface area contributed by atoms with Gasteiger partial charge in [-0.15, -0.1) is 0 Å². The van der Waals surface area contributed by atoms with Crippen molar-refractivity contribution < 1.29 is 4.79 Å². The molecule has 0 saturated carbocycles. The number of aryl methyl sites for hydroxylation is 1. The van der Waals surface area contributed by atoms with Crippen molar-refractivity contribution in [2.75, 3.05) is 19.6 Å². The van der Waals surface area contributed by atoms with Crippen molar-refractivity contribution in [3.63, 3.8) is 0 Å². The molecule has 1 N–H and O–H groups in total. The molecule has 1 atom stereocenters. The Bertz CT molecular complexity index is 538. The number of likely N-dealkylation sites (tertiary alicyclic amines) is 1. The molecule has 1 aliphatic heterocycles. The lowest BCUT2D eigenvalue weighted by atomic mass is 10.0. The molecule has 5 nitrogen and oxygen atoms in total. The highest BCUT2D eigenvalue weighted by Gasteiger charge is 2.17. The van der Waals surface area contributed by atoms with E-state index < -0.39 is 0 Å². The molecule has 1 aromatic heterocycles. The number of nitrogens with zero attached hydrogens (tertiary/aromatic N) is 2. The van der Waals surface area contributed by atoms with Gasteiger partial charge in [-0.2, -0.15) is 0 Å². The van der Waals surface area contributed by atoms with Crippen LogP contribution in [0.3, 0.4) is 0 Å². The molecule has 1 saturated heterocycles. The molecule has 0 aliphatic carbocycles. The van der Waals surface area contributed by atoms with Crippen molar-refractivity contribution in [2.24, 2.45) is 0 Å². The molecule has 2 rings (SSSR count). The van der Waals surface area contributed by atoms with Crippen LogP contribution in [0.1, 0.15) is 44.7 Å². The molecule has 1 aliphatic rings. The summed E-state index contributed by atoms with van der Waals surface area (Å²) in [6.07, 6.45) is 6.09. The maximum Gasteiger partial charge on any atom is 0.307 e. The summed E-state index contributed by atoms with van der Waals surface area (Å²) in [7, 11) is 0. The van der Waals surface area contributed by atoms with E-state index in [0.717, 1.165) is 36.4 Å². The van der Waals surface area contributed by atoms with Gasteiger partial charge in [0.1, 0.15) is 6.54 Å². The second-order valence-electron chi connectivity index (χ2n) is 6.17. The molecule has 1 aromatic rings. The highest BCUT2D eigenvalue weighted by molar-refractivity contribution is 7.07. The predicted octanol–water partition coefficient (Wildman–Crippen LogP) is 1.99. The van der Waals surface area contributed by atoms with E-state index in [1.165, 1.54) is 30.4 Å². The Morgan fingerprint density at radius 2 is 2.23 bits per heavy atom. The standard InChI is InChI=1S/C16H27N3O2S/c1-13-7-3-5-9-18(13)10-6-4-8-17-15(20)11-19-14(2)12-22-16(19)21/h12-13H,3-11H2,1-2H3,(H,17,20). The number of amides is 1. The van der Waals surface area contributed by atoms with Crippen LogP contribution < -0.4 is 10.2 Å². The zero-order chi connectivity index (χ0) is 15.9. The summed E-state index contributed by atoms with van der Waals surface area (Å²) in [5, 5.41) is 4.70. The number of unbranched alkanes of at least 4 members (excludes halogenated alkanes) is 1. The largest absolute Gasteiger partial charge is 0.355 e. The number of carbonyl (C=O) groups is 1. The van der Waals surface area contributed by atoms with Crippen molar-refractivity contribution in [3.05, 3.63) is 20.7 Å². The van der Waals surface area contributed by atoms with E-state index >= 15 is 0 Å². The third-order valence-corrected chi connectivity index (χ3v) is 5.29. The lowest BCUT2D eigenvalue weighted by Gasteiger charge is -2.33. The fourth-order valence-electron chi connectivity index (χ4n) is 2.95. The van der Waals surface area contributed by atoms with E-state index in [4.69, 9.17) is 0 Å². The molecule has 1 fully saturated rings. The van der Waals surface area contributed by atoms with Crippen LogP contribution in [0.2, 0.25) is 0 Å². The summed E-state index contributed by atoms with van der Waals surface area (Å²) in [6, 6.07) is 0.705. The van der Waals surface area contributed by atoms with Gasteiger partial charge in [-0.1, -0.05) is 17.8 Å². The van der Waals surface area contributed by atoms with Gasteiger partial charge in [-0.3, -0.25) is 14.2 Å². The third kappa shape index (κ3) is 4.95. The Kier molecular flexibility index (Phi) is 6.64. The Hall–Kier alpha value is -1.14. The molecule has 0 bridgehead atoms. The number of hydrogen-bond acceptors (Lipinski definition) is 4. The highest BCUT2D eigenvalue weighted by atomic mass is 32.1. The van der Waals surface area contributed by atoms with Crippen LogP contribution in [0.4, 0.5) is 0 Å². The molecular weight excluding hydrogens is 298 g/mol. The molecule has 0 radical (unpaired) electrons. The van der Waals surface area contributed by atoms with Crippen molar-refractivity contribution in [3.8, 4) is 0 Å². The zero-order valence-corrected chi connectivity index (χ0v) is 14.5. The van der Waals surface area contributed by atoms with Crippen molar-refractivity contribution >= 4 is 17.2 Å². The Morgan fingerprint density at radius 3 is 2.91 bits per heavy atom. The Balaban J connectivity index is 1.60. The third-order valence-electron chi connectivity index (χ3n) is 4.41. The van der Waals surface area contributed by atoms with E-state index in [9.17, 15) is 9.59 Å². The Morgan fingerprint density at radius 1 is 1.41 bits per heavy atom. The van der Waals surface area contributed by atoms with E-state index in [1.807, 2.05) is 6.92 Å². The van der Waals surface area contributed by atoms with Gasteiger partial charge in [0.25, 0.3) is 0 Å². The van der Waals surface area contributed by atoms with Gasteiger partial charge in [0.05, 0.1) is 0 Å². The molecular formula is C16H27N3O2S. The number of thiazole rings is 1. The number of carbonyl (C=O) groups excluding carboxylic acids is 1. The van der Waals surface area contributed by atoms with Crippen LogP contribution in [0.25, 0.3) is 0 Å². The van der Waals surface area contributed by atoms with Crippen LogP contribution in [0.15, 0.2) is 10.2 Å². The molecule has 22 heavy (non-hydrogen) atoms. The van der Waals surface area contributed by atoms with Gasteiger partial charge in [0.2, 0.25) is 5.91 Å². The smallest absolute Gasteiger partial charge is 0.307 e. The van der Waals surface area contributed by atoms with E-state index in [1.54, 1.807) is 5.38 Å². The first-order valence-corrected chi connectivity index (χ1v) is 9.11. The normalized spacial score (nSPS) is 19.3. The minimum atomic E-state index is -0.0741. The average molecular weight is 325 g/mol. The van der Waals surface area contributed by atoms with Crippen LogP contribution in [0.5, 0.6) is 0 Å². The first-order chi connectivity index (χ1) is 10.6. The van der Waals surface area contributed by atoms with Gasteiger partial charge < -0.3 is 10.2 Å². The average Bonchev–Trinajstić information content (AvgIpc) is 2.80. The SMILES string of the molecule is Cc1csc(=O)n1CC(=O)NCCCCN1CCCCC1C. The van der Waals surface area contributed by atoms with Crippen LogP contribution in [-0.4, -0.2) is 41.1 Å². The minimum absolute atomic E-state index is 0.0632. The summed E-state index contributed by atoms with van der Waals surface area (Å²) in [5.74, 6) is -0.0741. The fraction of sp³-hybridized carbons (Fsp3) is 0.750. The first-order valence-electron chi connectivity index (χ1n) is 8.23. The number of aromatic nitrogens is 1. The van der Waals surface area contributed by atoms with Gasteiger partial charge in [0, 0.05) is 23.7 Å².